The predicted octanol–water partition coefficient (Wildman–Crippen LogP) is 3.73. The smallest absolute Gasteiger partial charge is 0.309 e. The minimum absolute atomic E-state index is 0.0943. The van der Waals surface area contributed by atoms with Gasteiger partial charge in [-0.15, -0.1) is 0 Å². The lowest BCUT2D eigenvalue weighted by Gasteiger charge is -2.26. The molecule has 0 amide bonds. The first kappa shape index (κ1) is 13.5. The van der Waals surface area contributed by atoms with Crippen LogP contribution in [0.4, 0.5) is 0 Å². The number of carbonyl (C=O) groups is 1. The van der Waals surface area contributed by atoms with Crippen LogP contribution in [0.5, 0.6) is 0 Å². The third kappa shape index (κ3) is 3.47. The van der Waals surface area contributed by atoms with Gasteiger partial charge in [-0.25, -0.2) is 0 Å². The van der Waals surface area contributed by atoms with E-state index in [9.17, 15) is 4.79 Å². The zero-order chi connectivity index (χ0) is 12.3. The maximum Gasteiger partial charge on any atom is 0.309 e. The van der Waals surface area contributed by atoms with Gasteiger partial charge in [0.25, 0.3) is 0 Å². The molecular weight excluding hydrogens is 315 g/mol. The van der Waals surface area contributed by atoms with E-state index < -0.39 is 5.60 Å². The molecule has 0 fully saturated rings. The maximum absolute atomic E-state index is 11.6. The van der Waals surface area contributed by atoms with Crippen molar-refractivity contribution < 1.29 is 9.53 Å². The van der Waals surface area contributed by atoms with Gasteiger partial charge >= 0.3 is 5.97 Å². The second-order valence-electron chi connectivity index (χ2n) is 4.59. The quantitative estimate of drug-likeness (QED) is 0.623. The van der Waals surface area contributed by atoms with Crippen molar-refractivity contribution in [1.82, 2.24) is 0 Å². The largest absolute Gasteiger partial charge is 0.455 e. The Balaban J connectivity index is 2.85. The van der Waals surface area contributed by atoms with Crippen LogP contribution in [0.2, 0.25) is 0 Å². The van der Waals surface area contributed by atoms with Gasteiger partial charge in [-0.05, 0) is 54.1 Å². The standard InChI is InChI=1S/C13H17IO2/c1-9(2)12(15)16-13(3,4)10-5-7-11(14)8-6-10/h5-9H,1-4H3. The first-order valence-corrected chi connectivity index (χ1v) is 6.39. The molecule has 0 aliphatic heterocycles. The summed E-state index contributed by atoms with van der Waals surface area (Å²) in [6, 6.07) is 8.02. The highest BCUT2D eigenvalue weighted by Gasteiger charge is 2.26. The number of benzene rings is 1. The summed E-state index contributed by atoms with van der Waals surface area (Å²) in [4.78, 5) is 11.6. The van der Waals surface area contributed by atoms with Crippen LogP contribution in [0.25, 0.3) is 0 Å². The van der Waals surface area contributed by atoms with Gasteiger partial charge in [0.1, 0.15) is 5.60 Å². The van der Waals surface area contributed by atoms with Crippen molar-refractivity contribution in [3.05, 3.63) is 33.4 Å². The molecule has 0 aromatic heterocycles. The number of hydrogen-bond donors (Lipinski definition) is 0. The Labute approximate surface area is 111 Å². The first-order chi connectivity index (χ1) is 7.33. The summed E-state index contributed by atoms with van der Waals surface area (Å²) in [6.07, 6.45) is 0. The number of ether oxygens (including phenoxy) is 1. The van der Waals surface area contributed by atoms with Crippen LogP contribution >= 0.6 is 22.6 Å². The molecule has 0 spiro atoms. The van der Waals surface area contributed by atoms with Crippen molar-refractivity contribution >= 4 is 28.6 Å². The van der Waals surface area contributed by atoms with E-state index in [4.69, 9.17) is 4.74 Å². The molecule has 1 rings (SSSR count). The molecule has 0 heterocycles. The molecule has 0 unspecified atom stereocenters. The molecule has 1 aromatic carbocycles. The Morgan fingerprint density at radius 3 is 2.19 bits per heavy atom. The van der Waals surface area contributed by atoms with Gasteiger partial charge in [0.05, 0.1) is 5.92 Å². The predicted molar refractivity (Wildman–Crippen MR) is 73.1 cm³/mol. The van der Waals surface area contributed by atoms with Gasteiger partial charge in [0, 0.05) is 3.57 Å². The topological polar surface area (TPSA) is 26.3 Å². The molecule has 16 heavy (non-hydrogen) atoms. The molecule has 0 saturated heterocycles. The van der Waals surface area contributed by atoms with Gasteiger partial charge in [-0.2, -0.15) is 0 Å². The molecule has 0 atom stereocenters. The highest BCUT2D eigenvalue weighted by Crippen LogP contribution is 2.26. The van der Waals surface area contributed by atoms with Gasteiger partial charge in [-0.1, -0.05) is 26.0 Å². The van der Waals surface area contributed by atoms with Gasteiger partial charge in [0.15, 0.2) is 0 Å². The van der Waals surface area contributed by atoms with Crippen LogP contribution in [0.15, 0.2) is 24.3 Å². The number of esters is 1. The fourth-order valence-electron chi connectivity index (χ4n) is 1.28. The normalized spacial score (nSPS) is 11.6. The van der Waals surface area contributed by atoms with E-state index in [0.29, 0.717) is 0 Å². The second kappa shape index (κ2) is 5.17. The van der Waals surface area contributed by atoms with E-state index in [1.54, 1.807) is 0 Å². The van der Waals surface area contributed by atoms with Gasteiger partial charge in [0.2, 0.25) is 0 Å². The molecule has 3 heteroatoms. The van der Waals surface area contributed by atoms with Crippen molar-refractivity contribution in [3.8, 4) is 0 Å². The monoisotopic (exact) mass is 332 g/mol. The Morgan fingerprint density at radius 1 is 1.25 bits per heavy atom. The summed E-state index contributed by atoms with van der Waals surface area (Å²) in [5, 5.41) is 0. The highest BCUT2D eigenvalue weighted by atomic mass is 127. The maximum atomic E-state index is 11.6. The number of carbonyl (C=O) groups excluding carboxylic acids is 1. The van der Waals surface area contributed by atoms with Crippen LogP contribution in [0, 0.1) is 9.49 Å². The van der Waals surface area contributed by atoms with Crippen molar-refractivity contribution in [1.29, 1.82) is 0 Å². The average molecular weight is 332 g/mol. The highest BCUT2D eigenvalue weighted by molar-refractivity contribution is 14.1. The van der Waals surface area contributed by atoms with Crippen LogP contribution < -0.4 is 0 Å². The second-order valence-corrected chi connectivity index (χ2v) is 5.84. The van der Waals surface area contributed by atoms with Gasteiger partial charge in [-0.3, -0.25) is 4.79 Å². The molecule has 2 nitrogen and oxygen atoms in total. The number of rotatable bonds is 3. The van der Waals surface area contributed by atoms with E-state index in [1.165, 1.54) is 3.57 Å². The summed E-state index contributed by atoms with van der Waals surface area (Å²) < 4.78 is 6.66. The molecule has 88 valence electrons. The van der Waals surface area contributed by atoms with Crippen molar-refractivity contribution in [2.75, 3.05) is 0 Å². The average Bonchev–Trinajstić information content (AvgIpc) is 2.17. The molecule has 1 aromatic rings. The third-order valence-corrected chi connectivity index (χ3v) is 3.09. The molecule has 0 N–H and O–H groups in total. The van der Waals surface area contributed by atoms with Gasteiger partial charge < -0.3 is 4.74 Å². The van der Waals surface area contributed by atoms with E-state index in [-0.39, 0.29) is 11.9 Å². The number of hydrogen-bond acceptors (Lipinski definition) is 2. The molecule has 0 aliphatic carbocycles. The summed E-state index contributed by atoms with van der Waals surface area (Å²) in [5.41, 5.74) is 0.452. The fraction of sp³-hybridized carbons (Fsp3) is 0.462. The third-order valence-electron chi connectivity index (χ3n) is 2.37. The Kier molecular flexibility index (Phi) is 4.35. The summed E-state index contributed by atoms with van der Waals surface area (Å²) in [5.74, 6) is -0.258. The van der Waals surface area contributed by atoms with E-state index in [2.05, 4.69) is 22.6 Å². The van der Waals surface area contributed by atoms with Crippen LogP contribution in [0.1, 0.15) is 33.3 Å². The summed E-state index contributed by atoms with van der Waals surface area (Å²) >= 11 is 2.25. The van der Waals surface area contributed by atoms with Crippen molar-refractivity contribution in [2.24, 2.45) is 5.92 Å². The van der Waals surface area contributed by atoms with Crippen LogP contribution in [0.3, 0.4) is 0 Å². The lowest BCUT2D eigenvalue weighted by Crippen LogP contribution is -2.27. The summed E-state index contributed by atoms with van der Waals surface area (Å²) in [7, 11) is 0. The molecule has 0 aliphatic rings. The fourth-order valence-corrected chi connectivity index (χ4v) is 1.64. The van der Waals surface area contributed by atoms with E-state index in [0.717, 1.165) is 5.56 Å². The molecule has 0 bridgehead atoms. The lowest BCUT2D eigenvalue weighted by atomic mass is 9.98. The molecule has 0 radical (unpaired) electrons. The van der Waals surface area contributed by atoms with Crippen LogP contribution in [-0.2, 0) is 15.1 Å². The summed E-state index contributed by atoms with van der Waals surface area (Å²) in [6.45, 7) is 7.50. The Morgan fingerprint density at radius 2 is 1.75 bits per heavy atom. The zero-order valence-electron chi connectivity index (χ0n) is 10.1. The minimum atomic E-state index is -0.564. The number of halogens is 1. The molecule has 0 saturated carbocycles. The minimum Gasteiger partial charge on any atom is -0.455 e. The van der Waals surface area contributed by atoms with E-state index >= 15 is 0 Å². The molecular formula is C13H17IO2. The van der Waals surface area contributed by atoms with Crippen molar-refractivity contribution in [2.45, 2.75) is 33.3 Å². The Bertz CT molecular complexity index is 366. The van der Waals surface area contributed by atoms with Crippen LogP contribution in [-0.4, -0.2) is 5.97 Å². The van der Waals surface area contributed by atoms with E-state index in [1.807, 2.05) is 52.0 Å². The first-order valence-electron chi connectivity index (χ1n) is 5.32. The SMILES string of the molecule is CC(C)C(=O)OC(C)(C)c1ccc(I)cc1. The lowest BCUT2D eigenvalue weighted by molar-refractivity contribution is -0.161. The Hall–Kier alpha value is -0.580. The zero-order valence-corrected chi connectivity index (χ0v) is 12.2. The van der Waals surface area contributed by atoms with Crippen molar-refractivity contribution in [3.63, 3.8) is 0 Å².